The number of carbonyl (C=O) groups excluding carboxylic acids is 1. The lowest BCUT2D eigenvalue weighted by molar-refractivity contribution is -0.0718. The van der Waals surface area contributed by atoms with Crippen molar-refractivity contribution in [1.29, 1.82) is 0 Å². The molecule has 1 fully saturated rings. The summed E-state index contributed by atoms with van der Waals surface area (Å²) in [7, 11) is 0. The predicted octanol–water partition coefficient (Wildman–Crippen LogP) is 3.28. The molecule has 0 spiro atoms. The highest BCUT2D eigenvalue weighted by molar-refractivity contribution is 6.76. The van der Waals surface area contributed by atoms with E-state index in [9.17, 15) is 9.90 Å². The molecule has 1 amide bonds. The van der Waals surface area contributed by atoms with Crippen molar-refractivity contribution in [3.8, 4) is 0 Å². The zero-order chi connectivity index (χ0) is 20.1. The Balaban J connectivity index is 2.28. The number of aliphatic imine (C=N–C) groups is 1. The molecule has 26 heavy (non-hydrogen) atoms. The monoisotopic (exact) mass is 430 g/mol. The first kappa shape index (κ1) is 21.8. The number of nitrogens with zero attached hydrogens (tertiary/aromatic N) is 2. The van der Waals surface area contributed by atoms with E-state index in [4.69, 9.17) is 49.0 Å². The summed E-state index contributed by atoms with van der Waals surface area (Å²) in [4.78, 5) is 18.4. The van der Waals surface area contributed by atoms with Crippen LogP contribution in [0.3, 0.4) is 0 Å². The molecule has 2 rings (SSSR count). The van der Waals surface area contributed by atoms with Crippen molar-refractivity contribution >= 4 is 46.8 Å². The molecule has 2 heterocycles. The van der Waals surface area contributed by atoms with Crippen molar-refractivity contribution in [1.82, 2.24) is 4.90 Å². The van der Waals surface area contributed by atoms with E-state index < -0.39 is 38.9 Å². The SMILES string of the molecule is CC(C)(C)OC(=O)N1[C@H]([C@@H](O)[C@]2(C)COC(C(Cl)(Cl)Cl)=N2)COC1(C)C. The molecule has 0 aromatic heterocycles. The first-order chi connectivity index (χ1) is 11.6. The van der Waals surface area contributed by atoms with Gasteiger partial charge in [-0.3, -0.25) is 4.90 Å². The molecule has 3 atom stereocenters. The van der Waals surface area contributed by atoms with Gasteiger partial charge in [0.15, 0.2) is 0 Å². The van der Waals surface area contributed by atoms with Gasteiger partial charge in [0, 0.05) is 0 Å². The van der Waals surface area contributed by atoms with E-state index in [-0.39, 0.29) is 19.1 Å². The molecule has 10 heteroatoms. The van der Waals surface area contributed by atoms with Crippen LogP contribution in [0.1, 0.15) is 41.5 Å². The molecule has 0 aromatic rings. The Bertz CT molecular complexity index is 600. The highest BCUT2D eigenvalue weighted by Crippen LogP contribution is 2.39. The molecule has 2 aliphatic heterocycles. The average Bonchev–Trinajstić information content (AvgIpc) is 2.97. The number of alkyl halides is 3. The minimum atomic E-state index is -1.83. The molecule has 0 saturated carbocycles. The van der Waals surface area contributed by atoms with Crippen molar-refractivity contribution in [2.75, 3.05) is 13.2 Å². The molecular formula is C16H25Cl3N2O5. The number of carbonyl (C=O) groups is 1. The second-order valence-electron chi connectivity index (χ2n) is 8.18. The zero-order valence-electron chi connectivity index (χ0n) is 15.7. The Morgan fingerprint density at radius 3 is 2.38 bits per heavy atom. The summed E-state index contributed by atoms with van der Waals surface area (Å²) in [6.45, 7) is 10.6. The van der Waals surface area contributed by atoms with Crippen molar-refractivity contribution < 1.29 is 24.1 Å². The largest absolute Gasteiger partial charge is 0.475 e. The van der Waals surface area contributed by atoms with E-state index in [0.29, 0.717) is 0 Å². The summed E-state index contributed by atoms with van der Waals surface area (Å²) in [5.74, 6) is -0.0916. The fourth-order valence-corrected chi connectivity index (χ4v) is 3.24. The van der Waals surface area contributed by atoms with Crippen LogP contribution in [0.15, 0.2) is 4.99 Å². The van der Waals surface area contributed by atoms with Gasteiger partial charge in [-0.1, -0.05) is 34.8 Å². The summed E-state index contributed by atoms with van der Waals surface area (Å²) in [6.07, 6.45) is -1.71. The van der Waals surface area contributed by atoms with Crippen molar-refractivity contribution in [3.63, 3.8) is 0 Å². The number of amides is 1. The second-order valence-corrected chi connectivity index (χ2v) is 10.5. The van der Waals surface area contributed by atoms with E-state index >= 15 is 0 Å². The smallest absolute Gasteiger partial charge is 0.412 e. The molecule has 2 aliphatic rings. The Kier molecular flexibility index (Phi) is 5.75. The number of ether oxygens (including phenoxy) is 3. The maximum Gasteiger partial charge on any atom is 0.412 e. The quantitative estimate of drug-likeness (QED) is 0.679. The van der Waals surface area contributed by atoms with Crippen molar-refractivity contribution in [3.05, 3.63) is 0 Å². The number of aliphatic hydroxyl groups is 1. The average molecular weight is 432 g/mol. The third kappa shape index (κ3) is 4.50. The van der Waals surface area contributed by atoms with E-state index in [1.165, 1.54) is 4.90 Å². The minimum absolute atomic E-state index is 0.0104. The molecule has 0 unspecified atom stereocenters. The summed E-state index contributed by atoms with van der Waals surface area (Å²) in [5, 5.41) is 11.0. The highest BCUT2D eigenvalue weighted by atomic mass is 35.6. The van der Waals surface area contributed by atoms with Gasteiger partial charge in [0.05, 0.1) is 12.6 Å². The lowest BCUT2D eigenvalue weighted by Crippen LogP contribution is -2.58. The third-order valence-corrected chi connectivity index (χ3v) is 4.70. The summed E-state index contributed by atoms with van der Waals surface area (Å²) >= 11 is 17.4. The number of hydrogen-bond donors (Lipinski definition) is 1. The fraction of sp³-hybridized carbons (Fsp3) is 0.875. The van der Waals surface area contributed by atoms with Crippen LogP contribution in [-0.2, 0) is 14.2 Å². The minimum Gasteiger partial charge on any atom is -0.475 e. The highest BCUT2D eigenvalue weighted by Gasteiger charge is 2.55. The maximum atomic E-state index is 12.7. The van der Waals surface area contributed by atoms with Crippen LogP contribution in [0.25, 0.3) is 0 Å². The molecule has 0 aliphatic carbocycles. The van der Waals surface area contributed by atoms with Gasteiger partial charge >= 0.3 is 6.09 Å². The lowest BCUT2D eigenvalue weighted by atomic mass is 9.90. The fourth-order valence-electron chi connectivity index (χ4n) is 2.95. The van der Waals surface area contributed by atoms with Gasteiger partial charge in [0.25, 0.3) is 3.79 Å². The predicted molar refractivity (Wildman–Crippen MR) is 100.0 cm³/mol. The Morgan fingerprint density at radius 1 is 1.35 bits per heavy atom. The first-order valence-corrected chi connectivity index (χ1v) is 9.34. The van der Waals surface area contributed by atoms with Crippen LogP contribution in [0.4, 0.5) is 4.79 Å². The lowest BCUT2D eigenvalue weighted by Gasteiger charge is -2.39. The van der Waals surface area contributed by atoms with Crippen LogP contribution < -0.4 is 0 Å². The maximum absolute atomic E-state index is 12.7. The summed E-state index contributed by atoms with van der Waals surface area (Å²) in [5.41, 5.74) is -2.74. The van der Waals surface area contributed by atoms with E-state index in [2.05, 4.69) is 4.99 Å². The van der Waals surface area contributed by atoms with Gasteiger partial charge in [-0.2, -0.15) is 0 Å². The van der Waals surface area contributed by atoms with Crippen molar-refractivity contribution in [2.24, 2.45) is 4.99 Å². The second kappa shape index (κ2) is 6.85. The zero-order valence-corrected chi connectivity index (χ0v) is 17.9. The van der Waals surface area contributed by atoms with Gasteiger partial charge in [0.2, 0.25) is 5.90 Å². The molecule has 0 aromatic carbocycles. The van der Waals surface area contributed by atoms with Gasteiger partial charge in [-0.05, 0) is 41.5 Å². The molecule has 1 N–H and O–H groups in total. The summed E-state index contributed by atoms with van der Waals surface area (Å²) in [6, 6.07) is -0.702. The molecule has 150 valence electrons. The van der Waals surface area contributed by atoms with Crippen LogP contribution in [0.5, 0.6) is 0 Å². The number of aliphatic hydroxyl groups excluding tert-OH is 1. The van der Waals surface area contributed by atoms with Gasteiger partial charge in [-0.15, -0.1) is 0 Å². The van der Waals surface area contributed by atoms with Crippen LogP contribution in [0, 0.1) is 0 Å². The molecular weight excluding hydrogens is 407 g/mol. The standard InChI is InChI=1S/C16H25Cl3N2O5/c1-13(2,3)26-12(23)21-9(7-25-14(21,4)5)10(22)15(6)8-24-11(20-15)16(17,18)19/h9-10,22H,7-8H2,1-6H3/t9-,10+,15-/m0/s1. The first-order valence-electron chi connectivity index (χ1n) is 8.21. The van der Waals surface area contributed by atoms with E-state index in [1.807, 2.05) is 0 Å². The van der Waals surface area contributed by atoms with E-state index in [1.54, 1.807) is 41.5 Å². The Morgan fingerprint density at radius 2 is 1.92 bits per heavy atom. The Hall–Kier alpha value is -0.470. The Labute approximate surface area is 168 Å². The molecule has 0 radical (unpaired) electrons. The number of rotatable bonds is 2. The molecule has 7 nitrogen and oxygen atoms in total. The molecule has 0 bridgehead atoms. The van der Waals surface area contributed by atoms with Gasteiger partial charge in [0.1, 0.15) is 29.6 Å². The topological polar surface area (TPSA) is 80.6 Å². The van der Waals surface area contributed by atoms with Crippen LogP contribution >= 0.6 is 34.8 Å². The number of halogens is 3. The number of hydrogen-bond acceptors (Lipinski definition) is 6. The van der Waals surface area contributed by atoms with E-state index in [0.717, 1.165) is 0 Å². The normalized spacial score (nSPS) is 30.0. The summed E-state index contributed by atoms with van der Waals surface area (Å²) < 4.78 is 14.7. The third-order valence-electron chi connectivity index (χ3n) is 4.21. The van der Waals surface area contributed by atoms with Crippen LogP contribution in [-0.4, -0.2) is 68.0 Å². The van der Waals surface area contributed by atoms with Gasteiger partial charge in [-0.25, -0.2) is 9.79 Å². The van der Waals surface area contributed by atoms with Crippen LogP contribution in [0.2, 0.25) is 0 Å². The van der Waals surface area contributed by atoms with Crippen molar-refractivity contribution in [2.45, 2.75) is 74.3 Å². The van der Waals surface area contributed by atoms with Gasteiger partial charge < -0.3 is 19.3 Å². The molecule has 1 saturated heterocycles.